The van der Waals surface area contributed by atoms with E-state index in [9.17, 15) is 4.79 Å². The molecule has 0 aromatic heterocycles. The number of rotatable bonds is 6. The van der Waals surface area contributed by atoms with Gasteiger partial charge in [-0.1, -0.05) is 18.5 Å². The lowest BCUT2D eigenvalue weighted by Crippen LogP contribution is -2.37. The maximum atomic E-state index is 12.5. The molecule has 19 heavy (non-hydrogen) atoms. The van der Waals surface area contributed by atoms with Gasteiger partial charge < -0.3 is 9.80 Å². The molecule has 1 aromatic rings. The first-order chi connectivity index (χ1) is 8.95. The van der Waals surface area contributed by atoms with Crippen LogP contribution in [0.5, 0.6) is 0 Å². The van der Waals surface area contributed by atoms with Gasteiger partial charge in [-0.05, 0) is 61.3 Å². The van der Waals surface area contributed by atoms with Gasteiger partial charge in [0.1, 0.15) is 0 Å². The Hall–Kier alpha value is -0.330. The van der Waals surface area contributed by atoms with Gasteiger partial charge in [-0.2, -0.15) is 0 Å². The molecule has 1 rings (SSSR count). The molecule has 0 saturated carbocycles. The van der Waals surface area contributed by atoms with Gasteiger partial charge in [0.15, 0.2) is 0 Å². The molecule has 0 N–H and O–H groups in total. The third kappa shape index (κ3) is 5.28. The maximum absolute atomic E-state index is 12.5. The van der Waals surface area contributed by atoms with Crippen molar-refractivity contribution in [3.63, 3.8) is 0 Å². The van der Waals surface area contributed by atoms with Gasteiger partial charge in [-0.3, -0.25) is 4.79 Å². The zero-order chi connectivity index (χ0) is 14.4. The number of carbonyl (C=O) groups is 1. The molecule has 0 aliphatic carbocycles. The highest BCUT2D eigenvalue weighted by Crippen LogP contribution is 2.20. The zero-order valence-corrected chi connectivity index (χ0v) is 14.5. The number of carbonyl (C=O) groups excluding carboxylic acids is 1. The summed E-state index contributed by atoms with van der Waals surface area (Å²) >= 11 is 8.24. The van der Waals surface area contributed by atoms with Crippen LogP contribution in [-0.2, 0) is 0 Å². The molecule has 5 heteroatoms. The van der Waals surface area contributed by atoms with E-state index in [1.165, 1.54) is 0 Å². The van der Waals surface area contributed by atoms with E-state index in [4.69, 9.17) is 11.6 Å². The van der Waals surface area contributed by atoms with Gasteiger partial charge in [0.2, 0.25) is 0 Å². The molecule has 0 aliphatic heterocycles. The van der Waals surface area contributed by atoms with Crippen molar-refractivity contribution in [2.75, 3.05) is 33.7 Å². The fourth-order valence-corrected chi connectivity index (χ4v) is 2.23. The Morgan fingerprint density at radius 3 is 2.47 bits per heavy atom. The van der Waals surface area contributed by atoms with Crippen LogP contribution in [0.3, 0.4) is 0 Å². The standard InChI is InChI=1S/C14H20ClIN2O/c1-4-7-18(9-8-17(2)3)14(19)11-5-6-13(16)12(15)10-11/h5-6,10H,4,7-9H2,1-3H3. The lowest BCUT2D eigenvalue weighted by molar-refractivity contribution is 0.0745. The van der Waals surface area contributed by atoms with E-state index >= 15 is 0 Å². The van der Waals surface area contributed by atoms with Crippen molar-refractivity contribution in [3.05, 3.63) is 32.4 Å². The van der Waals surface area contributed by atoms with E-state index in [2.05, 4.69) is 34.4 Å². The van der Waals surface area contributed by atoms with Crippen LogP contribution < -0.4 is 0 Å². The number of nitrogens with zero attached hydrogens (tertiary/aromatic N) is 2. The first-order valence-electron chi connectivity index (χ1n) is 6.34. The van der Waals surface area contributed by atoms with E-state index in [0.29, 0.717) is 10.6 Å². The minimum absolute atomic E-state index is 0.0574. The number of hydrogen-bond acceptors (Lipinski definition) is 2. The summed E-state index contributed by atoms with van der Waals surface area (Å²) in [6, 6.07) is 5.48. The summed E-state index contributed by atoms with van der Waals surface area (Å²) in [6.45, 7) is 4.46. The highest BCUT2D eigenvalue weighted by Gasteiger charge is 2.15. The number of benzene rings is 1. The second-order valence-electron chi connectivity index (χ2n) is 4.72. The van der Waals surface area contributed by atoms with Crippen LogP contribution in [0, 0.1) is 3.57 Å². The summed E-state index contributed by atoms with van der Waals surface area (Å²) in [7, 11) is 4.02. The van der Waals surface area contributed by atoms with Crippen LogP contribution in [0.25, 0.3) is 0 Å². The fourth-order valence-electron chi connectivity index (χ4n) is 1.72. The van der Waals surface area contributed by atoms with Crippen LogP contribution in [0.1, 0.15) is 23.7 Å². The fraction of sp³-hybridized carbons (Fsp3) is 0.500. The van der Waals surface area contributed by atoms with E-state index in [1.54, 1.807) is 6.07 Å². The lowest BCUT2D eigenvalue weighted by Gasteiger charge is -2.24. The molecule has 1 amide bonds. The summed E-state index contributed by atoms with van der Waals surface area (Å²) in [5.74, 6) is 0.0574. The predicted molar refractivity (Wildman–Crippen MR) is 88.9 cm³/mol. The highest BCUT2D eigenvalue weighted by atomic mass is 127. The van der Waals surface area contributed by atoms with Crippen molar-refractivity contribution in [2.24, 2.45) is 0 Å². The van der Waals surface area contributed by atoms with Crippen molar-refractivity contribution in [1.29, 1.82) is 0 Å². The van der Waals surface area contributed by atoms with Crippen molar-refractivity contribution in [1.82, 2.24) is 9.80 Å². The van der Waals surface area contributed by atoms with Crippen LogP contribution in [0.15, 0.2) is 18.2 Å². The lowest BCUT2D eigenvalue weighted by atomic mass is 10.2. The minimum Gasteiger partial charge on any atom is -0.337 e. The average molecular weight is 395 g/mol. The van der Waals surface area contributed by atoms with Gasteiger partial charge in [-0.25, -0.2) is 0 Å². The number of amides is 1. The smallest absolute Gasteiger partial charge is 0.253 e. The van der Waals surface area contributed by atoms with Crippen molar-refractivity contribution < 1.29 is 4.79 Å². The SMILES string of the molecule is CCCN(CCN(C)C)C(=O)c1ccc(I)c(Cl)c1. The van der Waals surface area contributed by atoms with Gasteiger partial charge >= 0.3 is 0 Å². The predicted octanol–water partition coefficient (Wildman–Crippen LogP) is 3.36. The third-order valence-corrected chi connectivity index (χ3v) is 4.34. The van der Waals surface area contributed by atoms with Gasteiger partial charge in [-0.15, -0.1) is 0 Å². The Kier molecular flexibility index (Phi) is 7.10. The Morgan fingerprint density at radius 1 is 1.26 bits per heavy atom. The second-order valence-corrected chi connectivity index (χ2v) is 6.29. The van der Waals surface area contributed by atoms with E-state index in [1.807, 2.05) is 31.1 Å². The molecule has 0 unspecified atom stereocenters. The average Bonchev–Trinajstić information content (AvgIpc) is 2.36. The van der Waals surface area contributed by atoms with E-state index in [-0.39, 0.29) is 5.91 Å². The summed E-state index contributed by atoms with van der Waals surface area (Å²) in [4.78, 5) is 16.4. The summed E-state index contributed by atoms with van der Waals surface area (Å²) in [6.07, 6.45) is 0.956. The van der Waals surface area contributed by atoms with Gasteiger partial charge in [0.05, 0.1) is 5.02 Å². The molecule has 0 bridgehead atoms. The molecule has 0 heterocycles. The van der Waals surface area contributed by atoms with Crippen LogP contribution in [0.4, 0.5) is 0 Å². The first-order valence-corrected chi connectivity index (χ1v) is 7.80. The largest absolute Gasteiger partial charge is 0.337 e. The Labute approximate surface area is 134 Å². The van der Waals surface area contributed by atoms with Crippen molar-refractivity contribution >= 4 is 40.1 Å². The van der Waals surface area contributed by atoms with Crippen LogP contribution in [-0.4, -0.2) is 49.4 Å². The highest BCUT2D eigenvalue weighted by molar-refractivity contribution is 14.1. The normalized spacial score (nSPS) is 10.8. The monoisotopic (exact) mass is 394 g/mol. The first kappa shape index (κ1) is 16.7. The molecule has 0 saturated heterocycles. The van der Waals surface area contributed by atoms with E-state index in [0.717, 1.165) is 29.6 Å². The third-order valence-electron chi connectivity index (χ3n) is 2.76. The molecule has 0 fully saturated rings. The second kappa shape index (κ2) is 8.07. The molecule has 0 atom stereocenters. The zero-order valence-electron chi connectivity index (χ0n) is 11.6. The maximum Gasteiger partial charge on any atom is 0.253 e. The molecule has 0 spiro atoms. The number of likely N-dealkylation sites (N-methyl/N-ethyl adjacent to an activating group) is 1. The molecule has 0 radical (unpaired) electrons. The Morgan fingerprint density at radius 2 is 1.95 bits per heavy atom. The Balaban J connectivity index is 2.82. The summed E-state index contributed by atoms with van der Waals surface area (Å²) in [5, 5.41) is 0.635. The molecular formula is C14H20ClIN2O. The summed E-state index contributed by atoms with van der Waals surface area (Å²) < 4.78 is 0.964. The van der Waals surface area contributed by atoms with Crippen LogP contribution in [0.2, 0.25) is 5.02 Å². The number of hydrogen-bond donors (Lipinski definition) is 0. The molecule has 1 aromatic carbocycles. The molecule has 3 nitrogen and oxygen atoms in total. The van der Waals surface area contributed by atoms with E-state index < -0.39 is 0 Å². The van der Waals surface area contributed by atoms with Crippen LogP contribution >= 0.6 is 34.2 Å². The Bertz CT molecular complexity index is 437. The summed E-state index contributed by atoms with van der Waals surface area (Å²) in [5.41, 5.74) is 0.664. The quantitative estimate of drug-likeness (QED) is 0.691. The number of halogens is 2. The molecule has 106 valence electrons. The van der Waals surface area contributed by atoms with Crippen molar-refractivity contribution in [3.8, 4) is 0 Å². The topological polar surface area (TPSA) is 23.6 Å². The molecule has 0 aliphatic rings. The van der Waals surface area contributed by atoms with Gasteiger partial charge in [0, 0.05) is 28.8 Å². The van der Waals surface area contributed by atoms with Crippen molar-refractivity contribution in [2.45, 2.75) is 13.3 Å². The van der Waals surface area contributed by atoms with Gasteiger partial charge in [0.25, 0.3) is 5.91 Å². The molecular weight excluding hydrogens is 375 g/mol. The minimum atomic E-state index is 0.0574.